The molecule has 1 N–H and O–H groups in total. The lowest BCUT2D eigenvalue weighted by Gasteiger charge is -2.08. The molecule has 0 radical (unpaired) electrons. The number of aromatic nitrogens is 2. The largest absolute Gasteiger partial charge is 0.478 e. The summed E-state index contributed by atoms with van der Waals surface area (Å²) in [6.07, 6.45) is 1.96. The second-order valence-corrected chi connectivity index (χ2v) is 4.99. The third-order valence-corrected chi connectivity index (χ3v) is 3.27. The number of carboxylic acid groups (broad SMARTS) is 1. The van der Waals surface area contributed by atoms with Crippen LogP contribution in [0.1, 0.15) is 48.3 Å². The number of aromatic carboxylic acids is 1. The molecule has 104 valence electrons. The summed E-state index contributed by atoms with van der Waals surface area (Å²) >= 11 is 0. The van der Waals surface area contributed by atoms with E-state index in [4.69, 9.17) is 5.11 Å². The number of carbonyl (C=O) groups is 1. The number of aryl methyl sites for hydroxylation is 1. The Morgan fingerprint density at radius 3 is 2.40 bits per heavy atom. The molecule has 0 amide bonds. The Bertz CT molecular complexity index is 619. The van der Waals surface area contributed by atoms with Crippen LogP contribution < -0.4 is 0 Å². The topological polar surface area (TPSA) is 63.1 Å². The third kappa shape index (κ3) is 2.85. The third-order valence-electron chi connectivity index (χ3n) is 3.27. The first-order valence-corrected chi connectivity index (χ1v) is 6.72. The van der Waals surface area contributed by atoms with Crippen LogP contribution in [-0.2, 0) is 6.42 Å². The summed E-state index contributed by atoms with van der Waals surface area (Å²) in [6.45, 7) is 6.17. The normalized spacial score (nSPS) is 10.8. The summed E-state index contributed by atoms with van der Waals surface area (Å²) in [5.41, 5.74) is 2.90. The van der Waals surface area contributed by atoms with Crippen molar-refractivity contribution in [2.45, 2.75) is 33.1 Å². The van der Waals surface area contributed by atoms with E-state index in [-0.39, 0.29) is 5.56 Å². The van der Waals surface area contributed by atoms with E-state index in [9.17, 15) is 4.79 Å². The quantitative estimate of drug-likeness (QED) is 0.923. The summed E-state index contributed by atoms with van der Waals surface area (Å²) < 4.78 is 0. The van der Waals surface area contributed by atoms with Gasteiger partial charge in [0.2, 0.25) is 0 Å². The van der Waals surface area contributed by atoms with E-state index < -0.39 is 5.97 Å². The van der Waals surface area contributed by atoms with Crippen LogP contribution in [0.2, 0.25) is 0 Å². The molecule has 0 atom stereocenters. The van der Waals surface area contributed by atoms with Crippen LogP contribution in [0, 0.1) is 0 Å². The van der Waals surface area contributed by atoms with Gasteiger partial charge in [0, 0.05) is 11.8 Å². The molecule has 0 saturated carbocycles. The van der Waals surface area contributed by atoms with Crippen molar-refractivity contribution in [2.75, 3.05) is 0 Å². The maximum absolute atomic E-state index is 11.1. The minimum Gasteiger partial charge on any atom is -0.478 e. The van der Waals surface area contributed by atoms with E-state index in [1.54, 1.807) is 0 Å². The number of carboxylic acids is 1. The molecule has 0 aliphatic heterocycles. The van der Waals surface area contributed by atoms with Crippen LogP contribution in [0.25, 0.3) is 11.4 Å². The lowest BCUT2D eigenvalue weighted by Crippen LogP contribution is -2.06. The zero-order valence-corrected chi connectivity index (χ0v) is 11.9. The van der Waals surface area contributed by atoms with Crippen LogP contribution in [0.3, 0.4) is 0 Å². The molecule has 1 aromatic heterocycles. The molecule has 1 heterocycles. The first-order valence-electron chi connectivity index (χ1n) is 6.72. The van der Waals surface area contributed by atoms with Crippen molar-refractivity contribution in [3.8, 4) is 11.4 Å². The van der Waals surface area contributed by atoms with Crippen LogP contribution >= 0.6 is 0 Å². The predicted octanol–water partition coefficient (Wildman–Crippen LogP) is 3.53. The average Bonchev–Trinajstić information content (AvgIpc) is 2.46. The fourth-order valence-electron chi connectivity index (χ4n) is 2.02. The first-order chi connectivity index (χ1) is 9.52. The molecule has 1 aromatic carbocycles. The van der Waals surface area contributed by atoms with Gasteiger partial charge < -0.3 is 5.11 Å². The molecule has 0 aliphatic rings. The smallest absolute Gasteiger partial charge is 0.339 e. The Hall–Kier alpha value is -2.23. The highest BCUT2D eigenvalue weighted by atomic mass is 16.4. The van der Waals surface area contributed by atoms with Crippen molar-refractivity contribution in [1.29, 1.82) is 0 Å². The van der Waals surface area contributed by atoms with Gasteiger partial charge in [-0.05, 0) is 17.9 Å². The minimum atomic E-state index is -0.983. The molecule has 0 saturated heterocycles. The van der Waals surface area contributed by atoms with Gasteiger partial charge in [-0.15, -0.1) is 0 Å². The second-order valence-electron chi connectivity index (χ2n) is 4.99. The standard InChI is InChI=1S/C16H18N2O2/c1-4-14-13(16(19)20)9-17-15(18-14)12-7-5-11(6-8-12)10(2)3/h5-10H,4H2,1-3H3,(H,19,20). The average molecular weight is 270 g/mol. The van der Waals surface area contributed by atoms with E-state index in [1.165, 1.54) is 11.8 Å². The van der Waals surface area contributed by atoms with E-state index in [0.29, 0.717) is 23.9 Å². The summed E-state index contributed by atoms with van der Waals surface area (Å²) in [5.74, 6) is 0.0660. The van der Waals surface area contributed by atoms with Gasteiger partial charge in [0.1, 0.15) is 0 Å². The van der Waals surface area contributed by atoms with E-state index in [1.807, 2.05) is 19.1 Å². The molecule has 4 nitrogen and oxygen atoms in total. The van der Waals surface area contributed by atoms with E-state index in [0.717, 1.165) is 5.56 Å². The lowest BCUT2D eigenvalue weighted by atomic mass is 10.0. The zero-order valence-electron chi connectivity index (χ0n) is 11.9. The fraction of sp³-hybridized carbons (Fsp3) is 0.312. The Morgan fingerprint density at radius 2 is 1.90 bits per heavy atom. The molecule has 4 heteroatoms. The number of hydrogen-bond donors (Lipinski definition) is 1. The molecule has 0 fully saturated rings. The van der Waals surface area contributed by atoms with Crippen LogP contribution in [0.15, 0.2) is 30.5 Å². The van der Waals surface area contributed by atoms with Crippen molar-refractivity contribution in [1.82, 2.24) is 9.97 Å². The van der Waals surface area contributed by atoms with Gasteiger partial charge in [-0.3, -0.25) is 0 Å². The van der Waals surface area contributed by atoms with Gasteiger partial charge in [0.05, 0.1) is 11.3 Å². The minimum absolute atomic E-state index is 0.176. The van der Waals surface area contributed by atoms with Crippen molar-refractivity contribution < 1.29 is 9.90 Å². The maximum Gasteiger partial charge on any atom is 0.339 e. The lowest BCUT2D eigenvalue weighted by molar-refractivity contribution is 0.0694. The van der Waals surface area contributed by atoms with Crippen molar-refractivity contribution in [2.24, 2.45) is 0 Å². The summed E-state index contributed by atoms with van der Waals surface area (Å²) in [5, 5.41) is 9.08. The van der Waals surface area contributed by atoms with Gasteiger partial charge in [-0.1, -0.05) is 45.0 Å². The Balaban J connectivity index is 2.40. The number of hydrogen-bond acceptors (Lipinski definition) is 3. The molecule has 0 unspecified atom stereocenters. The van der Waals surface area contributed by atoms with Gasteiger partial charge in [0.15, 0.2) is 5.82 Å². The monoisotopic (exact) mass is 270 g/mol. The van der Waals surface area contributed by atoms with Crippen LogP contribution in [-0.4, -0.2) is 21.0 Å². The Morgan fingerprint density at radius 1 is 1.25 bits per heavy atom. The molecular formula is C16H18N2O2. The zero-order chi connectivity index (χ0) is 14.7. The number of benzene rings is 1. The first kappa shape index (κ1) is 14.2. The SMILES string of the molecule is CCc1nc(-c2ccc(C(C)C)cc2)ncc1C(=O)O. The fourth-order valence-corrected chi connectivity index (χ4v) is 2.02. The number of nitrogens with zero attached hydrogens (tertiary/aromatic N) is 2. The molecule has 2 rings (SSSR count). The van der Waals surface area contributed by atoms with Crippen LogP contribution in [0.5, 0.6) is 0 Å². The molecule has 20 heavy (non-hydrogen) atoms. The van der Waals surface area contributed by atoms with Gasteiger partial charge in [-0.2, -0.15) is 0 Å². The van der Waals surface area contributed by atoms with E-state index in [2.05, 4.69) is 35.9 Å². The van der Waals surface area contributed by atoms with Gasteiger partial charge >= 0.3 is 5.97 Å². The van der Waals surface area contributed by atoms with Gasteiger partial charge in [0.25, 0.3) is 0 Å². The maximum atomic E-state index is 11.1. The van der Waals surface area contributed by atoms with Crippen molar-refractivity contribution in [3.63, 3.8) is 0 Å². The highest BCUT2D eigenvalue weighted by molar-refractivity contribution is 5.88. The molecule has 0 aliphatic carbocycles. The molecular weight excluding hydrogens is 252 g/mol. The summed E-state index contributed by atoms with van der Waals surface area (Å²) in [7, 11) is 0. The number of rotatable bonds is 4. The van der Waals surface area contributed by atoms with E-state index >= 15 is 0 Å². The second kappa shape index (κ2) is 5.82. The van der Waals surface area contributed by atoms with Crippen molar-refractivity contribution >= 4 is 5.97 Å². The molecule has 0 bridgehead atoms. The van der Waals surface area contributed by atoms with Gasteiger partial charge in [-0.25, -0.2) is 14.8 Å². The highest BCUT2D eigenvalue weighted by Gasteiger charge is 2.13. The molecule has 0 spiro atoms. The Labute approximate surface area is 118 Å². The molecule has 2 aromatic rings. The predicted molar refractivity (Wildman–Crippen MR) is 77.9 cm³/mol. The summed E-state index contributed by atoms with van der Waals surface area (Å²) in [4.78, 5) is 19.6. The highest BCUT2D eigenvalue weighted by Crippen LogP contribution is 2.21. The Kier molecular flexibility index (Phi) is 4.13. The summed E-state index contributed by atoms with van der Waals surface area (Å²) in [6, 6.07) is 8.06. The van der Waals surface area contributed by atoms with Crippen molar-refractivity contribution in [3.05, 3.63) is 47.3 Å². The van der Waals surface area contributed by atoms with Crippen LogP contribution in [0.4, 0.5) is 0 Å².